The quantitative estimate of drug-likeness (QED) is 0.648. The van der Waals surface area contributed by atoms with Gasteiger partial charge in [-0.2, -0.15) is 0 Å². The molecular formula is C14H9ClFN3O. The Morgan fingerprint density at radius 2 is 2.20 bits per heavy atom. The summed E-state index contributed by atoms with van der Waals surface area (Å²) in [5.74, 6) is 4.51. The Kier molecular flexibility index (Phi) is 4.28. The highest BCUT2D eigenvalue weighted by molar-refractivity contribution is 6.28. The number of benzene rings is 1. The van der Waals surface area contributed by atoms with Crippen LogP contribution in [0.5, 0.6) is 0 Å². The van der Waals surface area contributed by atoms with Gasteiger partial charge in [-0.25, -0.2) is 14.4 Å². The largest absolute Gasteiger partial charge is 0.326 e. The molecule has 1 N–H and O–H groups in total. The monoisotopic (exact) mass is 289 g/mol. The molecule has 2 rings (SSSR count). The Hall–Kier alpha value is -2.45. The summed E-state index contributed by atoms with van der Waals surface area (Å²) in [4.78, 5) is 18.2. The molecule has 0 aliphatic rings. The minimum atomic E-state index is -0.639. The molecule has 1 heterocycles. The number of amides is 1. The summed E-state index contributed by atoms with van der Waals surface area (Å²) in [6, 6.07) is 6.88. The van der Waals surface area contributed by atoms with Crippen LogP contribution in [0.3, 0.4) is 0 Å². The van der Waals surface area contributed by atoms with Gasteiger partial charge in [0.25, 0.3) is 0 Å². The van der Waals surface area contributed by atoms with E-state index in [-0.39, 0.29) is 16.9 Å². The molecule has 0 radical (unpaired) electrons. The van der Waals surface area contributed by atoms with Gasteiger partial charge < -0.3 is 5.32 Å². The summed E-state index contributed by atoms with van der Waals surface area (Å²) >= 11 is 5.58. The first-order chi connectivity index (χ1) is 9.54. The molecule has 0 spiro atoms. The third-order valence-corrected chi connectivity index (χ3v) is 2.40. The van der Waals surface area contributed by atoms with Crippen LogP contribution < -0.4 is 5.32 Å². The lowest BCUT2D eigenvalue weighted by atomic mass is 10.2. The average Bonchev–Trinajstić information content (AvgIpc) is 2.39. The second-order valence-electron chi connectivity index (χ2n) is 3.85. The third kappa shape index (κ3) is 3.77. The molecular weight excluding hydrogens is 281 g/mol. The van der Waals surface area contributed by atoms with Crippen molar-refractivity contribution in [3.63, 3.8) is 0 Å². The smallest absolute Gasteiger partial charge is 0.223 e. The molecule has 6 heteroatoms. The summed E-state index contributed by atoms with van der Waals surface area (Å²) in [7, 11) is 0. The first kappa shape index (κ1) is 14.0. The predicted molar refractivity (Wildman–Crippen MR) is 73.7 cm³/mol. The summed E-state index contributed by atoms with van der Waals surface area (Å²) in [6.07, 6.45) is 0.965. The zero-order chi connectivity index (χ0) is 14.5. The summed E-state index contributed by atoms with van der Waals surface area (Å²) in [5.41, 5.74) is 1.16. The van der Waals surface area contributed by atoms with E-state index in [4.69, 9.17) is 11.6 Å². The van der Waals surface area contributed by atoms with E-state index >= 15 is 0 Å². The van der Waals surface area contributed by atoms with Crippen LogP contribution in [0, 0.1) is 17.7 Å². The van der Waals surface area contributed by atoms with Crippen LogP contribution >= 0.6 is 11.6 Å². The second-order valence-corrected chi connectivity index (χ2v) is 4.19. The maximum atomic E-state index is 13.4. The van der Waals surface area contributed by atoms with E-state index in [0.717, 1.165) is 6.20 Å². The molecule has 1 aromatic carbocycles. The van der Waals surface area contributed by atoms with E-state index in [0.29, 0.717) is 11.3 Å². The minimum absolute atomic E-state index is 0.0669. The Balaban J connectivity index is 2.28. The van der Waals surface area contributed by atoms with Crippen molar-refractivity contribution in [2.45, 2.75) is 6.92 Å². The second kappa shape index (κ2) is 6.13. The van der Waals surface area contributed by atoms with Gasteiger partial charge in [0.05, 0.1) is 6.20 Å². The summed E-state index contributed by atoms with van der Waals surface area (Å²) in [6.45, 7) is 1.41. The first-order valence-electron chi connectivity index (χ1n) is 5.62. The number of aromatic nitrogens is 2. The maximum Gasteiger partial charge on any atom is 0.223 e. The fourth-order valence-electron chi connectivity index (χ4n) is 1.44. The van der Waals surface area contributed by atoms with Crippen LogP contribution in [0.15, 0.2) is 30.5 Å². The molecule has 0 aliphatic carbocycles. The fourth-order valence-corrected chi connectivity index (χ4v) is 1.58. The normalized spacial score (nSPS) is 9.55. The number of halogens is 2. The van der Waals surface area contributed by atoms with Gasteiger partial charge in [-0.1, -0.05) is 12.0 Å². The van der Waals surface area contributed by atoms with Gasteiger partial charge in [0.1, 0.15) is 0 Å². The van der Waals surface area contributed by atoms with Crippen molar-refractivity contribution < 1.29 is 9.18 Å². The summed E-state index contributed by atoms with van der Waals surface area (Å²) < 4.78 is 13.4. The average molecular weight is 290 g/mol. The van der Waals surface area contributed by atoms with Crippen molar-refractivity contribution >= 4 is 23.2 Å². The molecule has 100 valence electrons. The zero-order valence-electron chi connectivity index (χ0n) is 10.4. The molecule has 20 heavy (non-hydrogen) atoms. The standard InChI is InChI=1S/C14H9ClFN3O/c1-9(20)18-11-4-2-3-10(7-11)5-6-13-12(16)8-17-14(15)19-13/h2-4,7-8H,1H3,(H,18,20). The molecule has 4 nitrogen and oxygen atoms in total. The highest BCUT2D eigenvalue weighted by atomic mass is 35.5. The Labute approximate surface area is 120 Å². The van der Waals surface area contributed by atoms with E-state index in [9.17, 15) is 9.18 Å². The third-order valence-electron chi connectivity index (χ3n) is 2.22. The highest BCUT2D eigenvalue weighted by Crippen LogP contribution is 2.10. The predicted octanol–water partition coefficient (Wildman–Crippen LogP) is 2.63. The van der Waals surface area contributed by atoms with Crippen molar-refractivity contribution in [2.75, 3.05) is 5.32 Å². The summed E-state index contributed by atoms with van der Waals surface area (Å²) in [5, 5.41) is 2.57. The molecule has 1 aromatic heterocycles. The number of anilines is 1. The van der Waals surface area contributed by atoms with Crippen molar-refractivity contribution in [1.29, 1.82) is 0 Å². The molecule has 0 saturated carbocycles. The molecule has 2 aromatic rings. The Morgan fingerprint density at radius 1 is 1.40 bits per heavy atom. The van der Waals surface area contributed by atoms with Gasteiger partial charge >= 0.3 is 0 Å². The molecule has 0 atom stereocenters. The van der Waals surface area contributed by atoms with Crippen LogP contribution in [0.25, 0.3) is 0 Å². The number of carbonyl (C=O) groups excluding carboxylic acids is 1. The lowest BCUT2D eigenvalue weighted by molar-refractivity contribution is -0.114. The van der Waals surface area contributed by atoms with Gasteiger partial charge in [0.15, 0.2) is 11.5 Å². The molecule has 0 aliphatic heterocycles. The van der Waals surface area contributed by atoms with E-state index in [1.165, 1.54) is 6.92 Å². The SMILES string of the molecule is CC(=O)Nc1cccc(C#Cc2nc(Cl)ncc2F)c1. The van der Waals surface area contributed by atoms with E-state index in [1.54, 1.807) is 24.3 Å². The van der Waals surface area contributed by atoms with Crippen LogP contribution in [0.4, 0.5) is 10.1 Å². The molecule has 0 bridgehead atoms. The van der Waals surface area contributed by atoms with Crippen molar-refractivity contribution in [3.05, 3.63) is 52.8 Å². The van der Waals surface area contributed by atoms with E-state index in [2.05, 4.69) is 27.1 Å². The van der Waals surface area contributed by atoms with Crippen LogP contribution in [0.1, 0.15) is 18.2 Å². The van der Waals surface area contributed by atoms with Gasteiger partial charge in [0.2, 0.25) is 11.2 Å². The van der Waals surface area contributed by atoms with Gasteiger partial charge in [-0.05, 0) is 35.7 Å². The number of hydrogen-bond donors (Lipinski definition) is 1. The van der Waals surface area contributed by atoms with Crippen LogP contribution in [0.2, 0.25) is 5.28 Å². The number of rotatable bonds is 1. The number of carbonyl (C=O) groups is 1. The number of nitrogens with zero attached hydrogens (tertiary/aromatic N) is 2. The Bertz CT molecular complexity index is 722. The lowest BCUT2D eigenvalue weighted by Crippen LogP contribution is -2.05. The van der Waals surface area contributed by atoms with E-state index in [1.807, 2.05) is 0 Å². The maximum absolute atomic E-state index is 13.4. The first-order valence-corrected chi connectivity index (χ1v) is 6.00. The molecule has 0 fully saturated rings. The number of hydrogen-bond acceptors (Lipinski definition) is 3. The van der Waals surface area contributed by atoms with E-state index < -0.39 is 5.82 Å². The zero-order valence-corrected chi connectivity index (χ0v) is 11.2. The Morgan fingerprint density at radius 3 is 2.95 bits per heavy atom. The number of nitrogens with one attached hydrogen (secondary N) is 1. The van der Waals surface area contributed by atoms with Crippen molar-refractivity contribution in [1.82, 2.24) is 9.97 Å². The van der Waals surface area contributed by atoms with Gasteiger partial charge in [0, 0.05) is 18.2 Å². The lowest BCUT2D eigenvalue weighted by Gasteiger charge is -2.01. The van der Waals surface area contributed by atoms with Gasteiger partial charge in [-0.15, -0.1) is 0 Å². The van der Waals surface area contributed by atoms with Crippen LogP contribution in [-0.2, 0) is 4.79 Å². The minimum Gasteiger partial charge on any atom is -0.326 e. The van der Waals surface area contributed by atoms with Crippen LogP contribution in [-0.4, -0.2) is 15.9 Å². The topological polar surface area (TPSA) is 54.9 Å². The van der Waals surface area contributed by atoms with Crippen molar-refractivity contribution in [2.24, 2.45) is 0 Å². The molecule has 1 amide bonds. The van der Waals surface area contributed by atoms with Gasteiger partial charge in [-0.3, -0.25) is 4.79 Å². The highest BCUT2D eigenvalue weighted by Gasteiger charge is 2.02. The molecule has 0 unspecified atom stereocenters. The fraction of sp³-hybridized carbons (Fsp3) is 0.0714. The molecule has 0 saturated heterocycles. The van der Waals surface area contributed by atoms with Crippen molar-refractivity contribution in [3.8, 4) is 11.8 Å².